The average molecular weight is 232 g/mol. The Morgan fingerprint density at radius 3 is 3.07 bits per heavy atom. The fourth-order valence-corrected chi connectivity index (χ4v) is 1.83. The molecule has 0 saturated carbocycles. The highest BCUT2D eigenvalue weighted by molar-refractivity contribution is 7.16. The van der Waals surface area contributed by atoms with Crippen LogP contribution in [0.5, 0.6) is 0 Å². The van der Waals surface area contributed by atoms with E-state index in [-0.39, 0.29) is 5.15 Å². The molecule has 1 heterocycles. The number of ether oxygens (including phenoxy) is 1. The molecule has 0 aliphatic heterocycles. The van der Waals surface area contributed by atoms with Crippen LogP contribution < -0.4 is 5.32 Å². The summed E-state index contributed by atoms with van der Waals surface area (Å²) in [6.07, 6.45) is 0.898. The quantitative estimate of drug-likeness (QED) is 0.789. The van der Waals surface area contributed by atoms with E-state index in [1.54, 1.807) is 7.11 Å². The summed E-state index contributed by atoms with van der Waals surface area (Å²) in [6.45, 7) is 1.47. The Morgan fingerprint density at radius 1 is 1.71 bits per heavy atom. The molecule has 6 heteroatoms. The van der Waals surface area contributed by atoms with Gasteiger partial charge in [0.2, 0.25) is 0 Å². The van der Waals surface area contributed by atoms with Crippen LogP contribution in [0.4, 0.5) is 5.13 Å². The molecule has 76 valence electrons. The first kappa shape index (κ1) is 11.2. The molecule has 0 atom stereocenters. The molecule has 4 nitrogen and oxygen atoms in total. The van der Waals surface area contributed by atoms with Gasteiger partial charge in [-0.1, -0.05) is 22.9 Å². The zero-order valence-corrected chi connectivity index (χ0v) is 9.28. The number of methoxy groups -OCH3 is 1. The van der Waals surface area contributed by atoms with E-state index in [0.29, 0.717) is 16.6 Å². The van der Waals surface area contributed by atoms with E-state index in [9.17, 15) is 0 Å². The van der Waals surface area contributed by atoms with Crippen molar-refractivity contribution in [3.8, 4) is 6.07 Å². The molecule has 0 amide bonds. The molecule has 14 heavy (non-hydrogen) atoms. The van der Waals surface area contributed by atoms with Crippen molar-refractivity contribution < 1.29 is 4.74 Å². The van der Waals surface area contributed by atoms with Crippen LogP contribution in [0.2, 0.25) is 5.15 Å². The van der Waals surface area contributed by atoms with E-state index in [0.717, 1.165) is 13.0 Å². The molecular weight excluding hydrogens is 222 g/mol. The predicted molar refractivity (Wildman–Crippen MR) is 56.8 cm³/mol. The third-order valence-electron chi connectivity index (χ3n) is 1.49. The summed E-state index contributed by atoms with van der Waals surface area (Å²) in [5, 5.41) is 12.6. The monoisotopic (exact) mass is 231 g/mol. The predicted octanol–water partition coefficient (Wildman–Crippen LogP) is 2.12. The van der Waals surface area contributed by atoms with Gasteiger partial charge in [-0.05, 0) is 6.42 Å². The Labute approximate surface area is 91.5 Å². The van der Waals surface area contributed by atoms with Crippen molar-refractivity contribution in [2.24, 2.45) is 0 Å². The fourth-order valence-electron chi connectivity index (χ4n) is 0.858. The summed E-state index contributed by atoms with van der Waals surface area (Å²) in [6, 6.07) is 1.98. The number of hydrogen-bond donors (Lipinski definition) is 1. The number of nitrogens with one attached hydrogen (secondary N) is 1. The molecular formula is C8H10ClN3OS. The van der Waals surface area contributed by atoms with Crippen molar-refractivity contribution in [1.82, 2.24) is 4.98 Å². The largest absolute Gasteiger partial charge is 0.385 e. The lowest BCUT2D eigenvalue weighted by Gasteiger charge is -2.00. The van der Waals surface area contributed by atoms with Crippen LogP contribution in [-0.2, 0) is 4.74 Å². The van der Waals surface area contributed by atoms with Gasteiger partial charge in [0.05, 0.1) is 0 Å². The minimum atomic E-state index is 0.270. The van der Waals surface area contributed by atoms with Gasteiger partial charge in [-0.25, -0.2) is 4.98 Å². The molecule has 1 N–H and O–H groups in total. The topological polar surface area (TPSA) is 57.9 Å². The van der Waals surface area contributed by atoms with Gasteiger partial charge in [-0.15, -0.1) is 0 Å². The van der Waals surface area contributed by atoms with Crippen molar-refractivity contribution in [3.63, 3.8) is 0 Å². The van der Waals surface area contributed by atoms with Crippen molar-refractivity contribution in [2.75, 3.05) is 25.6 Å². The molecule has 1 rings (SSSR count). The molecule has 0 aliphatic carbocycles. The summed E-state index contributed by atoms with van der Waals surface area (Å²) in [4.78, 5) is 4.43. The molecule has 1 aromatic rings. The lowest BCUT2D eigenvalue weighted by Crippen LogP contribution is -2.03. The van der Waals surface area contributed by atoms with Crippen molar-refractivity contribution in [3.05, 3.63) is 10.0 Å². The zero-order valence-electron chi connectivity index (χ0n) is 7.71. The maximum absolute atomic E-state index is 8.63. The van der Waals surface area contributed by atoms with Gasteiger partial charge in [-0.3, -0.25) is 0 Å². The SMILES string of the molecule is COCCCNc1nc(Cl)c(C#N)s1. The Balaban J connectivity index is 2.40. The van der Waals surface area contributed by atoms with E-state index < -0.39 is 0 Å². The van der Waals surface area contributed by atoms with Crippen molar-refractivity contribution in [1.29, 1.82) is 5.26 Å². The van der Waals surface area contributed by atoms with E-state index in [4.69, 9.17) is 21.6 Å². The number of nitriles is 1. The van der Waals surface area contributed by atoms with Crippen molar-refractivity contribution in [2.45, 2.75) is 6.42 Å². The van der Waals surface area contributed by atoms with Gasteiger partial charge in [0, 0.05) is 20.3 Å². The smallest absolute Gasteiger partial charge is 0.185 e. The number of rotatable bonds is 5. The van der Waals surface area contributed by atoms with Crippen molar-refractivity contribution >= 4 is 28.1 Å². The van der Waals surface area contributed by atoms with Crippen LogP contribution in [0.15, 0.2) is 0 Å². The zero-order chi connectivity index (χ0) is 10.4. The highest BCUT2D eigenvalue weighted by Crippen LogP contribution is 2.25. The summed E-state index contributed by atoms with van der Waals surface area (Å²) < 4.78 is 4.89. The van der Waals surface area contributed by atoms with E-state index in [2.05, 4.69) is 10.3 Å². The summed E-state index contributed by atoms with van der Waals surface area (Å²) in [5.74, 6) is 0. The van der Waals surface area contributed by atoms with E-state index in [1.807, 2.05) is 6.07 Å². The molecule has 0 radical (unpaired) electrons. The second-order valence-corrected chi connectivity index (χ2v) is 3.88. The van der Waals surface area contributed by atoms with Gasteiger partial charge in [0.25, 0.3) is 0 Å². The van der Waals surface area contributed by atoms with Gasteiger partial charge >= 0.3 is 0 Å². The van der Waals surface area contributed by atoms with Gasteiger partial charge in [-0.2, -0.15) is 5.26 Å². The molecule has 0 spiro atoms. The number of anilines is 1. The van der Waals surface area contributed by atoms with Crippen LogP contribution in [0.1, 0.15) is 11.3 Å². The first-order chi connectivity index (χ1) is 6.77. The maximum atomic E-state index is 8.63. The lowest BCUT2D eigenvalue weighted by molar-refractivity contribution is 0.198. The van der Waals surface area contributed by atoms with Crippen LogP contribution in [-0.4, -0.2) is 25.2 Å². The average Bonchev–Trinajstić information content (AvgIpc) is 2.54. The first-order valence-corrected chi connectivity index (χ1v) is 5.26. The highest BCUT2D eigenvalue weighted by Gasteiger charge is 2.07. The molecule has 0 aliphatic rings. The standard InChI is InChI=1S/C8H10ClN3OS/c1-13-4-2-3-11-8-12-7(9)6(5-10)14-8/h2-4H2,1H3,(H,11,12). The maximum Gasteiger partial charge on any atom is 0.185 e. The Kier molecular flexibility index (Phi) is 4.66. The fraction of sp³-hybridized carbons (Fsp3) is 0.500. The van der Waals surface area contributed by atoms with E-state index >= 15 is 0 Å². The third kappa shape index (κ3) is 3.14. The number of halogens is 1. The molecule has 0 fully saturated rings. The number of hydrogen-bond acceptors (Lipinski definition) is 5. The number of aromatic nitrogens is 1. The van der Waals surface area contributed by atoms with Crippen LogP contribution in [0.3, 0.4) is 0 Å². The molecule has 0 unspecified atom stereocenters. The Hall–Kier alpha value is -0.830. The summed E-state index contributed by atoms with van der Waals surface area (Å²) in [7, 11) is 1.66. The molecule has 0 saturated heterocycles. The number of nitrogens with zero attached hydrogens (tertiary/aromatic N) is 2. The van der Waals surface area contributed by atoms with Gasteiger partial charge in [0.15, 0.2) is 10.3 Å². The molecule has 0 aromatic carbocycles. The number of thiazole rings is 1. The minimum Gasteiger partial charge on any atom is -0.385 e. The second kappa shape index (κ2) is 5.81. The highest BCUT2D eigenvalue weighted by atomic mass is 35.5. The van der Waals surface area contributed by atoms with Gasteiger partial charge < -0.3 is 10.1 Å². The Bertz CT molecular complexity index is 334. The normalized spacial score (nSPS) is 9.79. The van der Waals surface area contributed by atoms with E-state index in [1.165, 1.54) is 11.3 Å². The Morgan fingerprint density at radius 2 is 2.50 bits per heavy atom. The first-order valence-electron chi connectivity index (χ1n) is 4.07. The second-order valence-electron chi connectivity index (χ2n) is 2.52. The lowest BCUT2D eigenvalue weighted by atomic mass is 10.4. The van der Waals surface area contributed by atoms with Crippen LogP contribution in [0.25, 0.3) is 0 Å². The van der Waals surface area contributed by atoms with Crippen LogP contribution in [0, 0.1) is 11.3 Å². The summed E-state index contributed by atoms with van der Waals surface area (Å²) >= 11 is 6.96. The van der Waals surface area contributed by atoms with Gasteiger partial charge in [0.1, 0.15) is 10.9 Å². The minimum absolute atomic E-state index is 0.270. The van der Waals surface area contributed by atoms with Crippen LogP contribution >= 0.6 is 22.9 Å². The molecule has 1 aromatic heterocycles. The summed E-state index contributed by atoms with van der Waals surface area (Å²) in [5.41, 5.74) is 0. The third-order valence-corrected chi connectivity index (χ3v) is 2.79. The molecule has 0 bridgehead atoms.